The Morgan fingerprint density at radius 2 is 1.70 bits per heavy atom. The zero-order valence-electron chi connectivity index (χ0n) is 19.7. The Balaban J connectivity index is 0.00000259. The van der Waals surface area contributed by atoms with E-state index < -0.39 is 11.6 Å². The minimum Gasteiger partial charge on any atom is -1.00 e. The zero-order chi connectivity index (χ0) is 22.5. The number of benzene rings is 2. The molecule has 2 bridgehead atoms. The van der Waals surface area contributed by atoms with Crippen molar-refractivity contribution in [2.75, 3.05) is 20.6 Å². The van der Waals surface area contributed by atoms with Gasteiger partial charge in [0.05, 0.1) is 26.7 Å². The number of hydrogen-bond donors (Lipinski definition) is 1. The molecule has 2 fully saturated rings. The van der Waals surface area contributed by atoms with Crippen LogP contribution in [0.25, 0.3) is 0 Å². The van der Waals surface area contributed by atoms with E-state index in [2.05, 4.69) is 21.0 Å². The number of hydrogen-bond acceptors (Lipinski definition) is 4. The lowest BCUT2D eigenvalue weighted by Crippen LogP contribution is -3.00. The van der Waals surface area contributed by atoms with Gasteiger partial charge in [-0.1, -0.05) is 49.7 Å². The molecule has 1 heterocycles. The van der Waals surface area contributed by atoms with E-state index in [0.717, 1.165) is 23.9 Å². The highest BCUT2D eigenvalue weighted by Crippen LogP contribution is 2.52. The van der Waals surface area contributed by atoms with E-state index in [1.165, 1.54) is 19.3 Å². The van der Waals surface area contributed by atoms with Crippen molar-refractivity contribution in [3.63, 3.8) is 0 Å². The predicted octanol–water partition coefficient (Wildman–Crippen LogP) is 1.62. The van der Waals surface area contributed by atoms with Crippen LogP contribution >= 0.6 is 0 Å². The summed E-state index contributed by atoms with van der Waals surface area (Å²) in [4.78, 5) is 13.7. The zero-order valence-corrected chi connectivity index (χ0v) is 21.3. The molecule has 4 atom stereocenters. The average Bonchev–Trinajstić information content (AvgIpc) is 3.37. The number of nitrogens with zero attached hydrogens (tertiary/aromatic N) is 1. The van der Waals surface area contributed by atoms with E-state index in [4.69, 9.17) is 9.47 Å². The number of carbonyl (C=O) groups excluding carboxylic acids is 1. The summed E-state index contributed by atoms with van der Waals surface area (Å²) in [5.74, 6) is 1.33. The number of ether oxygens (including phenoxy) is 2. The van der Waals surface area contributed by atoms with Gasteiger partial charge >= 0.3 is 5.97 Å². The fourth-order valence-electron chi connectivity index (χ4n) is 6.59. The second-order valence-electron chi connectivity index (χ2n) is 10.3. The Kier molecular flexibility index (Phi) is 6.64. The van der Waals surface area contributed by atoms with E-state index >= 15 is 0 Å². The van der Waals surface area contributed by atoms with E-state index in [1.807, 2.05) is 24.3 Å². The fourth-order valence-corrected chi connectivity index (χ4v) is 6.59. The number of carbonyl (C=O) groups is 1. The maximum absolute atomic E-state index is 13.7. The second-order valence-corrected chi connectivity index (χ2v) is 10.3. The first-order valence-electron chi connectivity index (χ1n) is 12.0. The molecule has 5 nitrogen and oxygen atoms in total. The van der Waals surface area contributed by atoms with Crippen molar-refractivity contribution in [3.8, 4) is 11.5 Å². The molecule has 2 aromatic rings. The summed E-state index contributed by atoms with van der Waals surface area (Å²) >= 11 is 0. The lowest BCUT2D eigenvalue weighted by atomic mass is 9.83. The van der Waals surface area contributed by atoms with Crippen molar-refractivity contribution < 1.29 is 40.8 Å². The summed E-state index contributed by atoms with van der Waals surface area (Å²) in [5.41, 5.74) is -0.972. The standard InChI is InChI=1S/C27H34NO4.BrH/c1-4-5-16-28(2,3)25-18-14-15-19(25)24(17-18)32-26(29)27(30)20-10-6-8-12-22(20)31-23-13-9-7-11-21(23)27;/h6-13,18-19,24-25,30H,4-5,14-17H2,1-3H3;1H/q+1;/p-1. The fraction of sp³-hybridized carbons (Fsp3) is 0.519. The van der Waals surface area contributed by atoms with Gasteiger partial charge in [0.15, 0.2) is 0 Å². The van der Waals surface area contributed by atoms with Crippen LogP contribution in [-0.4, -0.2) is 48.3 Å². The van der Waals surface area contributed by atoms with Gasteiger partial charge in [-0.3, -0.25) is 0 Å². The van der Waals surface area contributed by atoms with Crippen LogP contribution in [0.4, 0.5) is 0 Å². The maximum Gasteiger partial charge on any atom is 0.348 e. The van der Waals surface area contributed by atoms with Gasteiger partial charge in [0.1, 0.15) is 17.6 Å². The molecule has 0 amide bonds. The Bertz CT molecular complexity index is 977. The van der Waals surface area contributed by atoms with Gasteiger partial charge in [-0.05, 0) is 37.8 Å². The first kappa shape index (κ1) is 24.2. The second kappa shape index (κ2) is 9.05. The summed E-state index contributed by atoms with van der Waals surface area (Å²) in [6, 6.07) is 14.9. The van der Waals surface area contributed by atoms with Crippen LogP contribution < -0.4 is 21.7 Å². The molecular weight excluding hydrogens is 482 g/mol. The highest BCUT2D eigenvalue weighted by molar-refractivity contribution is 5.88. The molecule has 33 heavy (non-hydrogen) atoms. The van der Waals surface area contributed by atoms with Crippen LogP contribution in [0.3, 0.4) is 0 Å². The van der Waals surface area contributed by atoms with E-state index in [-0.39, 0.29) is 23.1 Å². The number of rotatable bonds is 6. The van der Waals surface area contributed by atoms with E-state index in [9.17, 15) is 9.90 Å². The van der Waals surface area contributed by atoms with Gasteiger partial charge in [0.2, 0.25) is 5.60 Å². The van der Waals surface area contributed by atoms with Crippen LogP contribution in [0.15, 0.2) is 48.5 Å². The van der Waals surface area contributed by atoms with Crippen molar-refractivity contribution in [1.82, 2.24) is 0 Å². The number of aliphatic hydroxyl groups is 1. The normalized spacial score (nSPS) is 26.5. The molecule has 0 spiro atoms. The highest BCUT2D eigenvalue weighted by atomic mass is 79.9. The molecule has 2 aromatic carbocycles. The van der Waals surface area contributed by atoms with E-state index in [1.54, 1.807) is 24.3 Å². The molecule has 0 aromatic heterocycles. The smallest absolute Gasteiger partial charge is 0.348 e. The average molecular weight is 516 g/mol. The lowest BCUT2D eigenvalue weighted by Gasteiger charge is -2.39. The third-order valence-corrected chi connectivity index (χ3v) is 8.03. The molecule has 0 radical (unpaired) electrons. The van der Waals surface area contributed by atoms with Crippen molar-refractivity contribution >= 4 is 5.97 Å². The molecule has 2 aliphatic carbocycles. The topological polar surface area (TPSA) is 55.8 Å². The molecule has 3 aliphatic rings. The van der Waals surface area contributed by atoms with E-state index in [0.29, 0.717) is 40.5 Å². The van der Waals surface area contributed by atoms with Gasteiger partial charge in [0, 0.05) is 23.0 Å². The Hall–Kier alpha value is -1.89. The molecular formula is C27H34BrNO4. The molecule has 178 valence electrons. The van der Waals surface area contributed by atoms with Gasteiger partial charge in [-0.25, -0.2) is 4.79 Å². The number of esters is 1. The summed E-state index contributed by atoms with van der Waals surface area (Å²) < 4.78 is 13.1. The van der Waals surface area contributed by atoms with Crippen molar-refractivity contribution in [2.24, 2.45) is 11.8 Å². The molecule has 2 saturated carbocycles. The summed E-state index contributed by atoms with van der Waals surface area (Å²) in [5, 5.41) is 11.9. The minimum atomic E-state index is -1.87. The number of unbranched alkanes of at least 4 members (excludes halogenated alkanes) is 1. The SMILES string of the molecule is CCCC[N+](C)(C)C1C2CCC1C(OC(=O)C1(O)c3ccccc3Oc3ccccc31)C2.[Br-]. The lowest BCUT2D eigenvalue weighted by molar-refractivity contribution is -0.919. The molecule has 1 aliphatic heterocycles. The summed E-state index contributed by atoms with van der Waals surface area (Å²) in [6.07, 6.45) is 5.45. The van der Waals surface area contributed by atoms with Crippen LogP contribution in [0.1, 0.15) is 50.2 Å². The highest BCUT2D eigenvalue weighted by Gasteiger charge is 2.58. The third-order valence-electron chi connectivity index (χ3n) is 8.03. The maximum atomic E-state index is 13.7. The molecule has 0 saturated heterocycles. The molecule has 6 heteroatoms. The summed E-state index contributed by atoms with van der Waals surface area (Å²) in [6.45, 7) is 3.38. The van der Waals surface area contributed by atoms with Crippen LogP contribution in [0.2, 0.25) is 0 Å². The largest absolute Gasteiger partial charge is 1.00 e. The van der Waals surface area contributed by atoms with Gasteiger partial charge < -0.3 is 36.0 Å². The van der Waals surface area contributed by atoms with Crippen molar-refractivity contribution in [1.29, 1.82) is 0 Å². The summed E-state index contributed by atoms with van der Waals surface area (Å²) in [7, 11) is 4.66. The van der Waals surface area contributed by atoms with Crippen molar-refractivity contribution in [2.45, 2.75) is 56.8 Å². The molecule has 4 unspecified atom stereocenters. The first-order chi connectivity index (χ1) is 15.4. The number of fused-ring (bicyclic) bond motifs is 4. The van der Waals surface area contributed by atoms with Crippen molar-refractivity contribution in [3.05, 3.63) is 59.7 Å². The quantitative estimate of drug-likeness (QED) is 0.469. The van der Waals surface area contributed by atoms with Gasteiger partial charge in [-0.2, -0.15) is 0 Å². The number of quaternary nitrogens is 1. The predicted molar refractivity (Wildman–Crippen MR) is 122 cm³/mol. The first-order valence-corrected chi connectivity index (χ1v) is 12.0. The monoisotopic (exact) mass is 515 g/mol. The molecule has 1 N–H and O–H groups in total. The Morgan fingerprint density at radius 1 is 1.09 bits per heavy atom. The van der Waals surface area contributed by atoms with Gasteiger partial charge in [-0.15, -0.1) is 0 Å². The van der Waals surface area contributed by atoms with Gasteiger partial charge in [0.25, 0.3) is 0 Å². The van der Waals surface area contributed by atoms with Crippen LogP contribution in [0.5, 0.6) is 11.5 Å². The Morgan fingerprint density at radius 3 is 2.30 bits per heavy atom. The molecule has 5 rings (SSSR count). The Labute approximate surface area is 207 Å². The van der Waals surface area contributed by atoms with Crippen LogP contribution in [0, 0.1) is 11.8 Å². The number of halogens is 1. The minimum absolute atomic E-state index is 0. The van der Waals surface area contributed by atoms with Crippen LogP contribution in [-0.2, 0) is 15.1 Å². The third kappa shape index (κ3) is 3.90. The number of para-hydroxylation sites is 2.